The van der Waals surface area contributed by atoms with Gasteiger partial charge in [-0.05, 0) is 42.8 Å². The van der Waals surface area contributed by atoms with Gasteiger partial charge in [0, 0.05) is 31.0 Å². The lowest BCUT2D eigenvalue weighted by molar-refractivity contribution is 0.724. The van der Waals surface area contributed by atoms with Crippen molar-refractivity contribution < 1.29 is 0 Å². The number of hydrogen-bond acceptors (Lipinski definition) is 5. The lowest BCUT2D eigenvalue weighted by Gasteiger charge is -2.30. The highest BCUT2D eigenvalue weighted by molar-refractivity contribution is 7.98. The van der Waals surface area contributed by atoms with Crippen LogP contribution in [0.15, 0.2) is 24.3 Å². The van der Waals surface area contributed by atoms with Crippen LogP contribution in [0.25, 0.3) is 16.7 Å². The maximum absolute atomic E-state index is 9.93. The van der Waals surface area contributed by atoms with Gasteiger partial charge in [0.15, 0.2) is 5.65 Å². The van der Waals surface area contributed by atoms with Crippen LogP contribution in [0.1, 0.15) is 23.1 Å². The van der Waals surface area contributed by atoms with Gasteiger partial charge < -0.3 is 10.2 Å². The average Bonchev–Trinajstić information content (AvgIpc) is 2.86. The molecule has 0 aliphatic carbocycles. The van der Waals surface area contributed by atoms with E-state index >= 15 is 0 Å². The molecule has 4 heterocycles. The van der Waals surface area contributed by atoms with Crippen molar-refractivity contribution in [2.75, 3.05) is 36.8 Å². The van der Waals surface area contributed by atoms with Crippen LogP contribution in [0.5, 0.6) is 0 Å². The molecule has 1 saturated heterocycles. The zero-order valence-electron chi connectivity index (χ0n) is 14.7. The number of nitrogens with one attached hydrogen (secondary N) is 1. The van der Waals surface area contributed by atoms with Crippen molar-refractivity contribution in [1.29, 1.82) is 5.26 Å². The van der Waals surface area contributed by atoms with E-state index in [1.807, 2.05) is 23.9 Å². The molecule has 0 atom stereocenters. The Hall–Kier alpha value is -2.23. The number of anilines is 1. The first-order valence-electron chi connectivity index (χ1n) is 9.27. The van der Waals surface area contributed by atoms with Crippen molar-refractivity contribution in [3.63, 3.8) is 0 Å². The van der Waals surface area contributed by atoms with Crippen LogP contribution in [0.4, 0.5) is 5.82 Å². The number of nitriles is 1. The highest BCUT2D eigenvalue weighted by Gasteiger charge is 2.27. The zero-order chi connectivity index (χ0) is 17.5. The monoisotopic (exact) mass is 363 g/mol. The summed E-state index contributed by atoms with van der Waals surface area (Å²) in [6.07, 6.45) is 2.09. The predicted molar refractivity (Wildman–Crippen MR) is 107 cm³/mol. The topological polar surface area (TPSA) is 56.4 Å². The molecule has 0 unspecified atom stereocenters. The number of aromatic nitrogens is 2. The first kappa shape index (κ1) is 16.0. The molecule has 0 radical (unpaired) electrons. The zero-order valence-corrected chi connectivity index (χ0v) is 15.5. The molecule has 1 aromatic carbocycles. The summed E-state index contributed by atoms with van der Waals surface area (Å²) in [6, 6.07) is 10.7. The van der Waals surface area contributed by atoms with Gasteiger partial charge in [-0.2, -0.15) is 17.0 Å². The third-order valence-corrected chi connectivity index (χ3v) is 6.41. The van der Waals surface area contributed by atoms with E-state index in [9.17, 15) is 5.26 Å². The molecule has 5 nitrogen and oxygen atoms in total. The molecule has 2 aliphatic rings. The summed E-state index contributed by atoms with van der Waals surface area (Å²) >= 11 is 1.97. The number of para-hydroxylation sites is 2. The Morgan fingerprint density at radius 1 is 1.15 bits per heavy atom. The minimum absolute atomic E-state index is 0.771. The third kappa shape index (κ3) is 2.38. The van der Waals surface area contributed by atoms with Crippen LogP contribution >= 0.6 is 11.8 Å². The van der Waals surface area contributed by atoms with Gasteiger partial charge in [0.2, 0.25) is 0 Å². The van der Waals surface area contributed by atoms with Crippen molar-refractivity contribution in [3.8, 4) is 6.07 Å². The summed E-state index contributed by atoms with van der Waals surface area (Å²) in [5.74, 6) is 3.32. The fraction of sp³-hybridized carbons (Fsp3) is 0.400. The number of hydrogen-bond donors (Lipinski definition) is 1. The van der Waals surface area contributed by atoms with E-state index in [2.05, 4.69) is 32.8 Å². The summed E-state index contributed by atoms with van der Waals surface area (Å²) in [7, 11) is 0. The van der Waals surface area contributed by atoms with Gasteiger partial charge in [-0.15, -0.1) is 0 Å². The molecule has 1 fully saturated rings. The predicted octanol–water partition coefficient (Wildman–Crippen LogP) is 2.95. The van der Waals surface area contributed by atoms with Crippen LogP contribution in [0.3, 0.4) is 0 Å². The van der Waals surface area contributed by atoms with Crippen molar-refractivity contribution >= 4 is 34.3 Å². The summed E-state index contributed by atoms with van der Waals surface area (Å²) in [5, 5.41) is 13.4. The Morgan fingerprint density at radius 2 is 2.08 bits per heavy atom. The van der Waals surface area contributed by atoms with Gasteiger partial charge in [0.1, 0.15) is 11.9 Å². The van der Waals surface area contributed by atoms with E-state index in [0.29, 0.717) is 0 Å². The molecule has 2 aliphatic heterocycles. The number of fused-ring (bicyclic) bond motifs is 4. The van der Waals surface area contributed by atoms with Crippen molar-refractivity contribution in [2.45, 2.75) is 18.6 Å². The van der Waals surface area contributed by atoms with E-state index in [1.54, 1.807) is 0 Å². The average molecular weight is 363 g/mol. The number of thioether (sulfide) groups is 1. The van der Waals surface area contributed by atoms with Gasteiger partial charge in [-0.1, -0.05) is 12.1 Å². The summed E-state index contributed by atoms with van der Waals surface area (Å²) < 4.78 is 2.25. The number of pyridine rings is 1. The lowest BCUT2D eigenvalue weighted by atomic mass is 10.0. The second-order valence-electron chi connectivity index (χ2n) is 6.92. The van der Waals surface area contributed by atoms with E-state index in [0.717, 1.165) is 72.8 Å². The Labute approximate surface area is 157 Å². The second kappa shape index (κ2) is 6.49. The second-order valence-corrected chi connectivity index (χ2v) is 8.03. The molecule has 2 aromatic heterocycles. The van der Waals surface area contributed by atoms with Crippen molar-refractivity contribution in [2.24, 2.45) is 0 Å². The molecule has 6 heteroatoms. The normalized spacial score (nSPS) is 17.9. The van der Waals surface area contributed by atoms with Crippen LogP contribution in [-0.4, -0.2) is 41.3 Å². The summed E-state index contributed by atoms with van der Waals surface area (Å²) in [5.41, 5.74) is 6.23. The van der Waals surface area contributed by atoms with Gasteiger partial charge >= 0.3 is 0 Å². The van der Waals surface area contributed by atoms with Crippen LogP contribution in [0.2, 0.25) is 0 Å². The molecule has 132 valence electrons. The first-order chi connectivity index (χ1) is 12.9. The molecular formula is C20H21N5S. The molecule has 0 saturated carbocycles. The number of rotatable bonds is 1. The smallest absolute Gasteiger partial charge is 0.157 e. The van der Waals surface area contributed by atoms with Crippen molar-refractivity contribution in [3.05, 3.63) is 41.0 Å². The Morgan fingerprint density at radius 3 is 3.00 bits per heavy atom. The Bertz CT molecular complexity index is 1020. The lowest BCUT2D eigenvalue weighted by Crippen LogP contribution is -2.31. The standard InChI is InChI=1S/C20H21N5S/c21-12-15-14-6-11-26-13-16(14)20(24-9-3-7-22-8-10-24)25-18-5-2-1-4-17(18)23-19(15)25/h1-2,4-5,22H,3,6-11,13H2. The quantitative estimate of drug-likeness (QED) is 0.720. The molecule has 5 rings (SSSR count). The molecule has 3 aromatic rings. The minimum atomic E-state index is 0.771. The largest absolute Gasteiger partial charge is 0.356 e. The summed E-state index contributed by atoms with van der Waals surface area (Å²) in [4.78, 5) is 7.37. The molecule has 26 heavy (non-hydrogen) atoms. The fourth-order valence-electron chi connectivity index (χ4n) is 4.25. The van der Waals surface area contributed by atoms with Crippen LogP contribution in [0, 0.1) is 11.3 Å². The van der Waals surface area contributed by atoms with E-state index in [-0.39, 0.29) is 0 Å². The molecular weight excluding hydrogens is 342 g/mol. The molecule has 1 N–H and O–H groups in total. The highest BCUT2D eigenvalue weighted by Crippen LogP contribution is 2.38. The third-order valence-electron chi connectivity index (χ3n) is 5.43. The Balaban J connectivity index is 1.90. The molecule has 0 bridgehead atoms. The molecule has 0 amide bonds. The maximum atomic E-state index is 9.93. The van der Waals surface area contributed by atoms with E-state index in [4.69, 9.17) is 4.98 Å². The molecule has 0 spiro atoms. The van der Waals surface area contributed by atoms with Gasteiger partial charge in [-0.3, -0.25) is 4.40 Å². The highest BCUT2D eigenvalue weighted by atomic mass is 32.2. The van der Waals surface area contributed by atoms with Crippen LogP contribution < -0.4 is 10.2 Å². The van der Waals surface area contributed by atoms with Crippen molar-refractivity contribution in [1.82, 2.24) is 14.7 Å². The maximum Gasteiger partial charge on any atom is 0.157 e. The fourth-order valence-corrected chi connectivity index (χ4v) is 5.25. The van der Waals surface area contributed by atoms with E-state index in [1.165, 1.54) is 16.9 Å². The van der Waals surface area contributed by atoms with E-state index < -0.39 is 0 Å². The van der Waals surface area contributed by atoms with Gasteiger partial charge in [0.05, 0.1) is 16.6 Å². The van der Waals surface area contributed by atoms with Crippen LogP contribution in [-0.2, 0) is 12.2 Å². The van der Waals surface area contributed by atoms with Gasteiger partial charge in [0.25, 0.3) is 0 Å². The van der Waals surface area contributed by atoms with Gasteiger partial charge in [-0.25, -0.2) is 4.98 Å². The number of imidazole rings is 1. The summed E-state index contributed by atoms with van der Waals surface area (Å²) in [6.45, 7) is 4.09. The number of nitrogens with zero attached hydrogens (tertiary/aromatic N) is 4. The minimum Gasteiger partial charge on any atom is -0.356 e. The SMILES string of the molecule is N#Cc1c2c(c(N3CCCNCC3)n3c1nc1ccccc13)CSCC2. The first-order valence-corrected chi connectivity index (χ1v) is 10.4. The number of benzene rings is 1. The Kier molecular flexibility index (Phi) is 3.99.